The third-order valence-corrected chi connectivity index (χ3v) is 2.11. The Hall–Kier alpha value is -2.11. The molecule has 0 saturated heterocycles. The molecule has 0 aromatic carbocycles. The minimum absolute atomic E-state index is 0.0126. The Balaban J connectivity index is 2.63. The van der Waals surface area contributed by atoms with Crippen molar-refractivity contribution in [3.63, 3.8) is 0 Å². The fourth-order valence-corrected chi connectivity index (χ4v) is 1.27. The molecule has 0 aliphatic heterocycles. The molecule has 92 valence electrons. The van der Waals surface area contributed by atoms with Gasteiger partial charge in [0.15, 0.2) is 0 Å². The number of nitrogen functional groups attached to an aromatic ring is 1. The smallest absolute Gasteiger partial charge is 0.272 e. The summed E-state index contributed by atoms with van der Waals surface area (Å²) in [7, 11) is 1.55. The molecule has 1 rings (SSSR count). The molecular weight excluding hydrogens is 220 g/mol. The summed E-state index contributed by atoms with van der Waals surface area (Å²) in [5, 5.41) is 2.62. The second-order valence-electron chi connectivity index (χ2n) is 3.59. The van der Waals surface area contributed by atoms with Gasteiger partial charge in [0.2, 0.25) is 5.91 Å². The van der Waals surface area contributed by atoms with Gasteiger partial charge in [-0.1, -0.05) is 0 Å². The molecule has 1 aromatic rings. The van der Waals surface area contributed by atoms with Gasteiger partial charge < -0.3 is 16.0 Å². The highest BCUT2D eigenvalue weighted by molar-refractivity contribution is 5.94. The van der Waals surface area contributed by atoms with Crippen molar-refractivity contribution < 1.29 is 9.59 Å². The number of nitrogens with zero attached hydrogens (tertiary/aromatic N) is 2. The van der Waals surface area contributed by atoms with Crippen molar-refractivity contribution >= 4 is 17.5 Å². The lowest BCUT2D eigenvalue weighted by atomic mass is 10.3. The predicted molar refractivity (Wildman–Crippen MR) is 64.3 cm³/mol. The molecular formula is C11H16N4O2. The first-order valence-electron chi connectivity index (χ1n) is 5.28. The van der Waals surface area contributed by atoms with E-state index in [1.165, 1.54) is 17.2 Å². The van der Waals surface area contributed by atoms with E-state index in [0.29, 0.717) is 12.2 Å². The number of likely N-dealkylation sites (N-methyl/N-ethyl adjacent to an activating group) is 2. The van der Waals surface area contributed by atoms with Gasteiger partial charge in [0.1, 0.15) is 5.69 Å². The number of nitrogens with one attached hydrogen (secondary N) is 1. The van der Waals surface area contributed by atoms with Gasteiger partial charge >= 0.3 is 0 Å². The summed E-state index contributed by atoms with van der Waals surface area (Å²) in [4.78, 5) is 28.3. The first kappa shape index (κ1) is 13.0. The standard InChI is InChI=1S/C11H16N4O2/c1-3-13-10(16)7-15(2)11(17)9-5-4-8(12)6-14-9/h4-6H,3,7,12H2,1-2H3,(H,13,16). The number of nitrogens with two attached hydrogens (primary N) is 1. The van der Waals surface area contributed by atoms with Gasteiger partial charge in [-0.3, -0.25) is 9.59 Å². The van der Waals surface area contributed by atoms with Crippen LogP contribution >= 0.6 is 0 Å². The molecule has 0 saturated carbocycles. The molecule has 0 aliphatic carbocycles. The molecule has 0 aliphatic rings. The van der Waals surface area contributed by atoms with Crippen molar-refractivity contribution in [1.29, 1.82) is 0 Å². The van der Waals surface area contributed by atoms with Crippen LogP contribution in [0.1, 0.15) is 17.4 Å². The Bertz CT molecular complexity index is 402. The van der Waals surface area contributed by atoms with E-state index in [1.807, 2.05) is 6.92 Å². The molecule has 0 spiro atoms. The number of anilines is 1. The molecule has 17 heavy (non-hydrogen) atoms. The van der Waals surface area contributed by atoms with Crippen LogP contribution in [0.2, 0.25) is 0 Å². The predicted octanol–water partition coefficient (Wildman–Crippen LogP) is -0.128. The van der Waals surface area contributed by atoms with Crippen LogP contribution in [0.3, 0.4) is 0 Å². The summed E-state index contributed by atoms with van der Waals surface area (Å²) < 4.78 is 0. The van der Waals surface area contributed by atoms with E-state index in [1.54, 1.807) is 13.1 Å². The zero-order valence-corrected chi connectivity index (χ0v) is 9.93. The number of pyridine rings is 1. The Kier molecular flexibility index (Phi) is 4.45. The topological polar surface area (TPSA) is 88.3 Å². The zero-order chi connectivity index (χ0) is 12.8. The van der Waals surface area contributed by atoms with Crippen molar-refractivity contribution in [3.8, 4) is 0 Å². The molecule has 1 heterocycles. The van der Waals surface area contributed by atoms with E-state index in [2.05, 4.69) is 10.3 Å². The first-order valence-corrected chi connectivity index (χ1v) is 5.28. The molecule has 3 N–H and O–H groups in total. The number of rotatable bonds is 4. The molecule has 6 nitrogen and oxygen atoms in total. The summed E-state index contributed by atoms with van der Waals surface area (Å²) in [6, 6.07) is 3.13. The molecule has 2 amide bonds. The maximum Gasteiger partial charge on any atom is 0.272 e. The summed E-state index contributed by atoms with van der Waals surface area (Å²) in [5.74, 6) is -0.505. The number of carbonyl (C=O) groups excluding carboxylic acids is 2. The zero-order valence-electron chi connectivity index (χ0n) is 9.93. The summed E-state index contributed by atoms with van der Waals surface area (Å²) in [6.45, 7) is 2.38. The minimum atomic E-state index is -0.309. The monoisotopic (exact) mass is 236 g/mol. The van der Waals surface area contributed by atoms with E-state index in [9.17, 15) is 9.59 Å². The van der Waals surface area contributed by atoms with Crippen LogP contribution in [0, 0.1) is 0 Å². The van der Waals surface area contributed by atoms with E-state index < -0.39 is 0 Å². The number of hydrogen-bond acceptors (Lipinski definition) is 4. The molecule has 0 fully saturated rings. The SMILES string of the molecule is CCNC(=O)CN(C)C(=O)c1ccc(N)cn1. The van der Waals surface area contributed by atoms with Crippen LogP contribution < -0.4 is 11.1 Å². The van der Waals surface area contributed by atoms with Crippen molar-refractivity contribution in [2.45, 2.75) is 6.92 Å². The highest BCUT2D eigenvalue weighted by Crippen LogP contribution is 2.03. The van der Waals surface area contributed by atoms with Crippen molar-refractivity contribution in [2.24, 2.45) is 0 Å². The van der Waals surface area contributed by atoms with Crippen LogP contribution in [-0.2, 0) is 4.79 Å². The fraction of sp³-hybridized carbons (Fsp3) is 0.364. The summed E-state index contributed by atoms with van der Waals surface area (Å²) >= 11 is 0. The molecule has 0 bridgehead atoms. The van der Waals surface area contributed by atoms with Crippen LogP contribution in [0.15, 0.2) is 18.3 Å². The van der Waals surface area contributed by atoms with E-state index in [-0.39, 0.29) is 24.1 Å². The summed E-state index contributed by atoms with van der Waals surface area (Å²) in [6.07, 6.45) is 1.41. The molecule has 0 radical (unpaired) electrons. The maximum atomic E-state index is 11.8. The Labute approximate surface area is 99.8 Å². The molecule has 0 unspecified atom stereocenters. The Morgan fingerprint density at radius 1 is 1.47 bits per heavy atom. The number of hydrogen-bond donors (Lipinski definition) is 2. The third kappa shape index (κ3) is 3.75. The van der Waals surface area contributed by atoms with Gasteiger partial charge in [-0.2, -0.15) is 0 Å². The average molecular weight is 236 g/mol. The second kappa shape index (κ2) is 5.83. The third-order valence-electron chi connectivity index (χ3n) is 2.11. The lowest BCUT2D eigenvalue weighted by Crippen LogP contribution is -2.38. The maximum absolute atomic E-state index is 11.8. The van der Waals surface area contributed by atoms with Gasteiger partial charge in [0.05, 0.1) is 18.4 Å². The van der Waals surface area contributed by atoms with Gasteiger partial charge in [-0.25, -0.2) is 4.98 Å². The van der Waals surface area contributed by atoms with Gasteiger partial charge in [0.25, 0.3) is 5.91 Å². The van der Waals surface area contributed by atoms with Gasteiger partial charge in [-0.15, -0.1) is 0 Å². The van der Waals surface area contributed by atoms with Crippen molar-refractivity contribution in [2.75, 3.05) is 25.9 Å². The van der Waals surface area contributed by atoms with E-state index in [4.69, 9.17) is 5.73 Å². The Morgan fingerprint density at radius 3 is 2.71 bits per heavy atom. The Morgan fingerprint density at radius 2 is 2.18 bits per heavy atom. The second-order valence-corrected chi connectivity index (χ2v) is 3.59. The van der Waals surface area contributed by atoms with Crippen LogP contribution in [-0.4, -0.2) is 41.8 Å². The quantitative estimate of drug-likeness (QED) is 0.762. The molecule has 6 heteroatoms. The lowest BCUT2D eigenvalue weighted by Gasteiger charge is -2.15. The van der Waals surface area contributed by atoms with Crippen molar-refractivity contribution in [1.82, 2.24) is 15.2 Å². The van der Waals surface area contributed by atoms with Crippen molar-refractivity contribution in [3.05, 3.63) is 24.0 Å². The van der Waals surface area contributed by atoms with Gasteiger partial charge in [0, 0.05) is 13.6 Å². The van der Waals surface area contributed by atoms with E-state index in [0.717, 1.165) is 0 Å². The largest absolute Gasteiger partial charge is 0.397 e. The number of aromatic nitrogens is 1. The number of amides is 2. The van der Waals surface area contributed by atoms with E-state index >= 15 is 0 Å². The number of carbonyl (C=O) groups is 2. The molecule has 0 atom stereocenters. The van der Waals surface area contributed by atoms with Crippen LogP contribution in [0.25, 0.3) is 0 Å². The molecule has 1 aromatic heterocycles. The summed E-state index contributed by atoms with van der Waals surface area (Å²) in [5.41, 5.74) is 6.23. The first-order chi connectivity index (χ1) is 8.04. The van der Waals surface area contributed by atoms with Gasteiger partial charge in [-0.05, 0) is 19.1 Å². The fourth-order valence-electron chi connectivity index (χ4n) is 1.27. The van der Waals surface area contributed by atoms with Crippen LogP contribution in [0.4, 0.5) is 5.69 Å². The lowest BCUT2D eigenvalue weighted by molar-refractivity contribution is -0.121. The normalized spacial score (nSPS) is 9.76. The van der Waals surface area contributed by atoms with Crippen LogP contribution in [0.5, 0.6) is 0 Å². The average Bonchev–Trinajstić information content (AvgIpc) is 2.29. The highest BCUT2D eigenvalue weighted by atomic mass is 16.2. The highest BCUT2D eigenvalue weighted by Gasteiger charge is 2.15. The minimum Gasteiger partial charge on any atom is -0.397 e.